The molecular formula is C14H19F3O5S. The smallest absolute Gasteiger partial charge is 0.461 e. The van der Waals surface area contributed by atoms with E-state index in [9.17, 15) is 18.0 Å². The Hall–Kier alpha value is -1.61. The summed E-state index contributed by atoms with van der Waals surface area (Å²) >= 11 is 0. The lowest BCUT2D eigenvalue weighted by atomic mass is 10.2. The van der Waals surface area contributed by atoms with Gasteiger partial charge in [-0.2, -0.15) is 21.6 Å². The molecule has 23 heavy (non-hydrogen) atoms. The van der Waals surface area contributed by atoms with E-state index in [4.69, 9.17) is 17.7 Å². The van der Waals surface area contributed by atoms with Gasteiger partial charge in [-0.05, 0) is 12.0 Å². The molecule has 0 amide bonds. The summed E-state index contributed by atoms with van der Waals surface area (Å²) < 4.78 is 62.7. The lowest BCUT2D eigenvalue weighted by Crippen LogP contribution is -2.21. The Bertz CT molecular complexity index is 556. The molecule has 1 aromatic carbocycles. The normalized spacial score (nSPS) is 11.3. The van der Waals surface area contributed by atoms with Crippen molar-refractivity contribution in [3.63, 3.8) is 0 Å². The van der Waals surface area contributed by atoms with Gasteiger partial charge in [0.1, 0.15) is 6.61 Å². The Labute approximate surface area is 133 Å². The van der Waals surface area contributed by atoms with Crippen molar-refractivity contribution >= 4 is 16.1 Å². The first-order chi connectivity index (χ1) is 10.6. The fourth-order valence-electron chi connectivity index (χ4n) is 1.33. The summed E-state index contributed by atoms with van der Waals surface area (Å²) in [5, 5.41) is 0. The third-order valence-corrected chi connectivity index (χ3v) is 3.10. The van der Waals surface area contributed by atoms with Gasteiger partial charge in [0.2, 0.25) is 0 Å². The van der Waals surface area contributed by atoms with Gasteiger partial charge in [-0.15, -0.1) is 0 Å². The fourth-order valence-corrected chi connectivity index (χ4v) is 1.33. The number of benzene rings is 1. The van der Waals surface area contributed by atoms with Crippen molar-refractivity contribution in [2.45, 2.75) is 44.7 Å². The highest BCUT2D eigenvalue weighted by molar-refractivity contribution is 7.86. The number of carbonyl (C=O) groups excluding carboxylic acids is 1. The molecule has 1 rings (SSSR count). The number of hydrogen-bond donors (Lipinski definition) is 1. The molecule has 0 heterocycles. The van der Waals surface area contributed by atoms with Crippen molar-refractivity contribution in [2.24, 2.45) is 0 Å². The highest BCUT2D eigenvalue weighted by Crippen LogP contribution is 2.20. The van der Waals surface area contributed by atoms with Crippen LogP contribution in [0.15, 0.2) is 30.3 Å². The monoisotopic (exact) mass is 356 g/mol. The molecular weight excluding hydrogens is 337 g/mol. The maximum atomic E-state index is 11.3. The predicted molar refractivity (Wildman–Crippen MR) is 78.0 cm³/mol. The summed E-state index contributed by atoms with van der Waals surface area (Å²) in [6.07, 6.45) is 3.71. The Morgan fingerprint density at radius 3 is 2.13 bits per heavy atom. The van der Waals surface area contributed by atoms with Crippen LogP contribution < -0.4 is 0 Å². The van der Waals surface area contributed by atoms with Crippen LogP contribution in [0, 0.1) is 0 Å². The third kappa shape index (κ3) is 10.7. The summed E-state index contributed by atoms with van der Waals surface area (Å²) in [5.74, 6) is -0.0905. The highest BCUT2D eigenvalue weighted by atomic mass is 32.2. The van der Waals surface area contributed by atoms with Gasteiger partial charge >= 0.3 is 21.6 Å². The zero-order valence-corrected chi connectivity index (χ0v) is 13.4. The molecule has 0 saturated carbocycles. The number of alkyl halides is 3. The Balaban J connectivity index is 0.000000515. The molecule has 5 nitrogen and oxygen atoms in total. The standard InChI is InChI=1S/C13H18O2.CHF3O3S/c1-2-3-5-10-13(14)15-11-12-8-6-4-7-9-12;2-1(3,4)8(5,6)7/h4,6-9H,2-3,5,10-11H2,1H3;(H,5,6,7). The Kier molecular flexibility index (Phi) is 9.50. The minimum atomic E-state index is -5.84. The first-order valence-corrected chi connectivity index (χ1v) is 8.25. The number of carbonyl (C=O) groups is 1. The first kappa shape index (κ1) is 21.4. The van der Waals surface area contributed by atoms with Crippen LogP contribution in [0.25, 0.3) is 0 Å². The molecule has 0 atom stereocenters. The second-order valence-corrected chi connectivity index (χ2v) is 5.94. The van der Waals surface area contributed by atoms with Crippen molar-refractivity contribution in [3.8, 4) is 0 Å². The van der Waals surface area contributed by atoms with E-state index < -0.39 is 15.6 Å². The van der Waals surface area contributed by atoms with Crippen LogP contribution in [0.5, 0.6) is 0 Å². The van der Waals surface area contributed by atoms with Crippen LogP contribution in [0.3, 0.4) is 0 Å². The van der Waals surface area contributed by atoms with Gasteiger partial charge in [0.05, 0.1) is 0 Å². The van der Waals surface area contributed by atoms with Gasteiger partial charge in [0.15, 0.2) is 0 Å². The topological polar surface area (TPSA) is 80.7 Å². The van der Waals surface area contributed by atoms with Crippen LogP contribution in [0.1, 0.15) is 38.2 Å². The number of halogens is 3. The van der Waals surface area contributed by atoms with Crippen LogP contribution in [0.2, 0.25) is 0 Å². The lowest BCUT2D eigenvalue weighted by Gasteiger charge is -2.04. The number of rotatable bonds is 6. The minimum Gasteiger partial charge on any atom is -0.461 e. The summed E-state index contributed by atoms with van der Waals surface area (Å²) in [5.41, 5.74) is -4.49. The van der Waals surface area contributed by atoms with Gasteiger partial charge in [-0.3, -0.25) is 9.35 Å². The maximum Gasteiger partial charge on any atom is 0.522 e. The molecule has 0 unspecified atom stereocenters. The van der Waals surface area contributed by atoms with E-state index in [1.807, 2.05) is 30.3 Å². The summed E-state index contributed by atoms with van der Waals surface area (Å²) in [6, 6.07) is 9.76. The summed E-state index contributed by atoms with van der Waals surface area (Å²) in [4.78, 5) is 11.3. The molecule has 0 aliphatic carbocycles. The molecule has 1 N–H and O–H groups in total. The van der Waals surface area contributed by atoms with Crippen molar-refractivity contribution in [1.29, 1.82) is 0 Å². The third-order valence-electron chi connectivity index (χ3n) is 2.52. The van der Waals surface area contributed by atoms with Gasteiger partial charge in [-0.25, -0.2) is 0 Å². The number of esters is 1. The molecule has 0 aliphatic heterocycles. The van der Waals surface area contributed by atoms with E-state index in [1.165, 1.54) is 0 Å². The van der Waals surface area contributed by atoms with E-state index in [0.29, 0.717) is 13.0 Å². The molecule has 0 radical (unpaired) electrons. The second kappa shape index (κ2) is 10.2. The van der Waals surface area contributed by atoms with E-state index >= 15 is 0 Å². The predicted octanol–water partition coefficient (Wildman–Crippen LogP) is 3.70. The van der Waals surface area contributed by atoms with Crippen LogP contribution in [-0.2, 0) is 26.3 Å². The lowest BCUT2D eigenvalue weighted by molar-refractivity contribution is -0.145. The van der Waals surface area contributed by atoms with E-state index in [2.05, 4.69) is 6.92 Å². The second-order valence-electron chi connectivity index (χ2n) is 4.52. The van der Waals surface area contributed by atoms with Gasteiger partial charge in [-0.1, -0.05) is 50.1 Å². The highest BCUT2D eigenvalue weighted by Gasteiger charge is 2.44. The van der Waals surface area contributed by atoms with Gasteiger partial charge < -0.3 is 4.74 Å². The molecule has 0 aliphatic rings. The molecule has 0 aromatic heterocycles. The van der Waals surface area contributed by atoms with Crippen LogP contribution >= 0.6 is 0 Å². The minimum absolute atomic E-state index is 0.0905. The first-order valence-electron chi connectivity index (χ1n) is 6.81. The van der Waals surface area contributed by atoms with E-state index in [0.717, 1.165) is 24.8 Å². The molecule has 0 fully saturated rings. The Morgan fingerprint density at radius 1 is 1.17 bits per heavy atom. The quantitative estimate of drug-likeness (QED) is 0.364. The summed E-state index contributed by atoms with van der Waals surface area (Å²) in [7, 11) is -5.84. The molecule has 0 spiro atoms. The average Bonchev–Trinajstić information content (AvgIpc) is 2.45. The number of unbranched alkanes of at least 4 members (excludes halogenated alkanes) is 2. The van der Waals surface area contributed by atoms with Crippen LogP contribution in [0.4, 0.5) is 13.2 Å². The average molecular weight is 356 g/mol. The van der Waals surface area contributed by atoms with Crippen molar-refractivity contribution < 1.29 is 35.7 Å². The molecule has 0 bridgehead atoms. The van der Waals surface area contributed by atoms with Gasteiger partial charge in [0, 0.05) is 6.42 Å². The van der Waals surface area contributed by atoms with E-state index in [1.54, 1.807) is 0 Å². The zero-order chi connectivity index (χ0) is 17.9. The molecule has 9 heteroatoms. The maximum absolute atomic E-state index is 11.3. The van der Waals surface area contributed by atoms with Crippen LogP contribution in [-0.4, -0.2) is 24.4 Å². The van der Waals surface area contributed by atoms with Gasteiger partial charge in [0.25, 0.3) is 0 Å². The zero-order valence-electron chi connectivity index (χ0n) is 12.5. The fraction of sp³-hybridized carbons (Fsp3) is 0.500. The molecule has 0 saturated heterocycles. The van der Waals surface area contributed by atoms with E-state index in [-0.39, 0.29) is 5.97 Å². The van der Waals surface area contributed by atoms with Crippen molar-refractivity contribution in [2.75, 3.05) is 0 Å². The Morgan fingerprint density at radius 2 is 1.70 bits per heavy atom. The number of ether oxygens (including phenoxy) is 1. The number of hydrogen-bond acceptors (Lipinski definition) is 4. The summed E-state index contributed by atoms with van der Waals surface area (Å²) in [6.45, 7) is 2.51. The van der Waals surface area contributed by atoms with Crippen molar-refractivity contribution in [3.05, 3.63) is 35.9 Å². The largest absolute Gasteiger partial charge is 0.522 e. The van der Waals surface area contributed by atoms with Crippen molar-refractivity contribution in [1.82, 2.24) is 0 Å². The SMILES string of the molecule is CCCCCC(=O)OCc1ccccc1.O=S(=O)(O)C(F)(F)F. The molecule has 1 aromatic rings. The molecule has 132 valence electrons.